The number of nitrogens with zero attached hydrogens (tertiary/aromatic N) is 4. The molecule has 1 fully saturated rings. The second kappa shape index (κ2) is 6.48. The van der Waals surface area contributed by atoms with Crippen molar-refractivity contribution in [3.05, 3.63) is 51.7 Å². The molecule has 3 heterocycles. The molecule has 26 heavy (non-hydrogen) atoms. The van der Waals surface area contributed by atoms with E-state index in [9.17, 15) is 4.79 Å². The molecule has 4 rings (SSSR count). The van der Waals surface area contributed by atoms with E-state index in [1.807, 2.05) is 26.0 Å². The number of ether oxygens (including phenoxy) is 1. The van der Waals surface area contributed by atoms with Gasteiger partial charge in [-0.15, -0.1) is 0 Å². The molecular formula is C19H23N5O2. The van der Waals surface area contributed by atoms with Crippen molar-refractivity contribution in [2.75, 3.05) is 25.1 Å². The maximum absolute atomic E-state index is 12.9. The number of piperidine rings is 1. The molecule has 1 N–H and O–H groups in total. The van der Waals surface area contributed by atoms with Gasteiger partial charge in [-0.2, -0.15) is 9.50 Å². The van der Waals surface area contributed by atoms with Crippen LogP contribution in [0.3, 0.4) is 0 Å². The van der Waals surface area contributed by atoms with Gasteiger partial charge in [0.2, 0.25) is 0 Å². The van der Waals surface area contributed by atoms with Crippen LogP contribution in [0.25, 0.3) is 5.78 Å². The number of hydrogen-bond donors (Lipinski definition) is 1. The largest absolute Gasteiger partial charge is 0.497 e. The normalized spacial score (nSPS) is 15.6. The van der Waals surface area contributed by atoms with E-state index in [1.54, 1.807) is 7.11 Å². The topological polar surface area (TPSA) is 75.5 Å². The molecule has 136 valence electrons. The SMILES string of the molecule is COc1ccc(C2CCN(c3c(C)nc4nc(C)[nH]n4c3=O)CC2)cc1. The summed E-state index contributed by atoms with van der Waals surface area (Å²) in [6.07, 6.45) is 2.02. The van der Waals surface area contributed by atoms with Crippen LogP contribution in [0.2, 0.25) is 0 Å². The summed E-state index contributed by atoms with van der Waals surface area (Å²) >= 11 is 0. The second-order valence-electron chi connectivity index (χ2n) is 6.83. The van der Waals surface area contributed by atoms with E-state index in [0.29, 0.717) is 23.2 Å². The highest BCUT2D eigenvalue weighted by Gasteiger charge is 2.25. The van der Waals surface area contributed by atoms with Crippen molar-refractivity contribution < 1.29 is 4.74 Å². The zero-order valence-corrected chi connectivity index (χ0v) is 15.3. The van der Waals surface area contributed by atoms with Crippen molar-refractivity contribution in [2.45, 2.75) is 32.6 Å². The van der Waals surface area contributed by atoms with Crippen molar-refractivity contribution in [1.82, 2.24) is 19.6 Å². The van der Waals surface area contributed by atoms with Crippen LogP contribution in [-0.2, 0) is 0 Å². The fourth-order valence-electron chi connectivity index (χ4n) is 3.79. The molecule has 0 unspecified atom stereocenters. The molecule has 1 saturated heterocycles. The molecule has 2 aromatic heterocycles. The van der Waals surface area contributed by atoms with Gasteiger partial charge in [0.1, 0.15) is 17.3 Å². The fourth-order valence-corrected chi connectivity index (χ4v) is 3.79. The summed E-state index contributed by atoms with van der Waals surface area (Å²) in [6, 6.07) is 8.30. The van der Waals surface area contributed by atoms with Gasteiger partial charge in [0, 0.05) is 13.1 Å². The Bertz CT molecular complexity index is 982. The minimum atomic E-state index is -0.0732. The third kappa shape index (κ3) is 2.83. The summed E-state index contributed by atoms with van der Waals surface area (Å²) in [5.41, 5.74) is 2.68. The summed E-state index contributed by atoms with van der Waals surface area (Å²) in [6.45, 7) is 5.39. The lowest BCUT2D eigenvalue weighted by Crippen LogP contribution is -2.38. The zero-order valence-electron chi connectivity index (χ0n) is 15.3. The van der Waals surface area contributed by atoms with Crippen molar-refractivity contribution in [1.29, 1.82) is 0 Å². The quantitative estimate of drug-likeness (QED) is 0.783. The van der Waals surface area contributed by atoms with Crippen LogP contribution in [0.5, 0.6) is 5.75 Å². The predicted molar refractivity (Wildman–Crippen MR) is 100 cm³/mol. The van der Waals surface area contributed by atoms with E-state index in [2.05, 4.69) is 32.1 Å². The molecule has 0 atom stereocenters. The lowest BCUT2D eigenvalue weighted by atomic mass is 9.89. The molecule has 1 aliphatic heterocycles. The summed E-state index contributed by atoms with van der Waals surface area (Å²) in [5.74, 6) is 2.50. The first-order valence-corrected chi connectivity index (χ1v) is 8.91. The average molecular weight is 353 g/mol. The number of nitrogens with one attached hydrogen (secondary N) is 1. The number of aryl methyl sites for hydroxylation is 2. The number of aromatic amines is 1. The third-order valence-corrected chi connectivity index (χ3v) is 5.16. The smallest absolute Gasteiger partial charge is 0.297 e. The van der Waals surface area contributed by atoms with Gasteiger partial charge in [0.25, 0.3) is 11.3 Å². The molecule has 0 bridgehead atoms. The molecule has 0 radical (unpaired) electrons. The van der Waals surface area contributed by atoms with E-state index in [0.717, 1.165) is 37.4 Å². The molecule has 7 nitrogen and oxygen atoms in total. The Labute approximate surface area is 151 Å². The maximum Gasteiger partial charge on any atom is 0.297 e. The second-order valence-corrected chi connectivity index (χ2v) is 6.83. The average Bonchev–Trinajstić information content (AvgIpc) is 3.03. The first kappa shape index (κ1) is 16.6. The maximum atomic E-state index is 12.9. The van der Waals surface area contributed by atoms with E-state index in [-0.39, 0.29) is 5.56 Å². The number of rotatable bonds is 3. The Morgan fingerprint density at radius 2 is 1.81 bits per heavy atom. The molecule has 0 amide bonds. The van der Waals surface area contributed by atoms with Crippen LogP contribution in [0.15, 0.2) is 29.1 Å². The standard InChI is InChI=1S/C19H23N5O2/c1-12-17(18(25)24-19(20-12)21-13(2)22-24)23-10-8-15(9-11-23)14-4-6-16(26-3)7-5-14/h4-7,15H,8-11H2,1-3H3,(H,20,21,22). The molecule has 0 saturated carbocycles. The minimum Gasteiger partial charge on any atom is -0.497 e. The van der Waals surface area contributed by atoms with Gasteiger partial charge < -0.3 is 9.64 Å². The van der Waals surface area contributed by atoms with E-state index >= 15 is 0 Å². The molecule has 1 aliphatic rings. The van der Waals surface area contributed by atoms with E-state index in [1.165, 1.54) is 10.1 Å². The zero-order chi connectivity index (χ0) is 18.3. The molecule has 7 heteroatoms. The van der Waals surface area contributed by atoms with E-state index < -0.39 is 0 Å². The van der Waals surface area contributed by atoms with Crippen LogP contribution in [0, 0.1) is 13.8 Å². The van der Waals surface area contributed by atoms with Crippen LogP contribution < -0.4 is 15.2 Å². The Kier molecular flexibility index (Phi) is 4.14. The number of fused-ring (bicyclic) bond motifs is 1. The highest BCUT2D eigenvalue weighted by Crippen LogP contribution is 2.31. The summed E-state index contributed by atoms with van der Waals surface area (Å²) in [7, 11) is 1.68. The number of hydrogen-bond acceptors (Lipinski definition) is 5. The van der Waals surface area contributed by atoms with Gasteiger partial charge in [-0.05, 0) is 50.3 Å². The number of methoxy groups -OCH3 is 1. The number of aromatic nitrogens is 4. The molecule has 0 spiro atoms. The molecule has 1 aromatic carbocycles. The Hall–Kier alpha value is -2.83. The minimum absolute atomic E-state index is 0.0732. The van der Waals surface area contributed by atoms with Crippen molar-refractivity contribution >= 4 is 11.5 Å². The van der Waals surface area contributed by atoms with Gasteiger partial charge in [-0.25, -0.2) is 4.98 Å². The Balaban J connectivity index is 1.56. The van der Waals surface area contributed by atoms with Gasteiger partial charge >= 0.3 is 0 Å². The summed E-state index contributed by atoms with van der Waals surface area (Å²) < 4.78 is 6.67. The third-order valence-electron chi connectivity index (χ3n) is 5.16. The Morgan fingerprint density at radius 3 is 2.46 bits per heavy atom. The highest BCUT2D eigenvalue weighted by atomic mass is 16.5. The van der Waals surface area contributed by atoms with Crippen molar-refractivity contribution in [3.8, 4) is 5.75 Å². The van der Waals surface area contributed by atoms with Crippen LogP contribution in [0.1, 0.15) is 35.8 Å². The summed E-state index contributed by atoms with van der Waals surface area (Å²) in [4.78, 5) is 23.8. The van der Waals surface area contributed by atoms with Gasteiger partial charge in [0.05, 0.1) is 12.8 Å². The van der Waals surface area contributed by atoms with E-state index in [4.69, 9.17) is 4.74 Å². The molecule has 3 aromatic rings. The molecular weight excluding hydrogens is 330 g/mol. The number of H-pyrrole nitrogens is 1. The number of benzene rings is 1. The lowest BCUT2D eigenvalue weighted by molar-refractivity contribution is 0.414. The van der Waals surface area contributed by atoms with Crippen LogP contribution >= 0.6 is 0 Å². The monoisotopic (exact) mass is 353 g/mol. The van der Waals surface area contributed by atoms with Gasteiger partial charge in [0.15, 0.2) is 0 Å². The van der Waals surface area contributed by atoms with Crippen LogP contribution in [-0.4, -0.2) is 39.8 Å². The Morgan fingerprint density at radius 1 is 1.12 bits per heavy atom. The number of anilines is 1. The van der Waals surface area contributed by atoms with Crippen molar-refractivity contribution in [3.63, 3.8) is 0 Å². The predicted octanol–water partition coefficient (Wildman–Crippen LogP) is 2.43. The van der Waals surface area contributed by atoms with Crippen molar-refractivity contribution in [2.24, 2.45) is 0 Å². The highest BCUT2D eigenvalue weighted by molar-refractivity contribution is 5.52. The molecule has 0 aliphatic carbocycles. The van der Waals surface area contributed by atoms with Crippen LogP contribution in [0.4, 0.5) is 5.69 Å². The summed E-state index contributed by atoms with van der Waals surface area (Å²) in [5, 5.41) is 2.97. The van der Waals surface area contributed by atoms with Gasteiger partial charge in [-0.3, -0.25) is 9.89 Å². The van der Waals surface area contributed by atoms with Gasteiger partial charge in [-0.1, -0.05) is 12.1 Å². The first-order chi connectivity index (χ1) is 12.6. The first-order valence-electron chi connectivity index (χ1n) is 8.91. The fraction of sp³-hybridized carbons (Fsp3) is 0.421. The lowest BCUT2D eigenvalue weighted by Gasteiger charge is -2.33.